The van der Waals surface area contributed by atoms with Gasteiger partial charge in [0, 0.05) is 0 Å². The fourth-order valence-electron chi connectivity index (χ4n) is 6.74. The number of benzene rings is 7. The smallest absolute Gasteiger partial charge is 0.119 e. The predicted molar refractivity (Wildman–Crippen MR) is 221 cm³/mol. The average molecular weight is 671 g/mol. The molecule has 0 fully saturated rings. The molecule has 252 valence electrons. The van der Waals surface area contributed by atoms with E-state index < -0.39 is 0 Å². The van der Waals surface area contributed by atoms with E-state index in [1.807, 2.05) is 0 Å². The molecular formula is C51H42O. The third-order valence-corrected chi connectivity index (χ3v) is 8.98. The molecule has 0 aliphatic rings. The maximum absolute atomic E-state index is 6.12. The summed E-state index contributed by atoms with van der Waals surface area (Å²) in [6.07, 6.45) is 2.42. The molecule has 7 rings (SSSR count). The summed E-state index contributed by atoms with van der Waals surface area (Å²) in [6.45, 7) is 4.12. The first kappa shape index (κ1) is 34.0. The molecule has 1 heteroatoms. The molecule has 0 saturated heterocycles. The zero-order valence-electron chi connectivity index (χ0n) is 29.7. The van der Waals surface area contributed by atoms with Crippen LogP contribution in [0.5, 0.6) is 5.75 Å². The Morgan fingerprint density at radius 3 is 1.19 bits per heavy atom. The van der Waals surface area contributed by atoms with E-state index in [0.717, 1.165) is 72.6 Å². The van der Waals surface area contributed by atoms with E-state index in [4.69, 9.17) is 4.74 Å². The fourth-order valence-corrected chi connectivity index (χ4v) is 6.74. The number of hydrogen-bond acceptors (Lipinski definition) is 1. The van der Waals surface area contributed by atoms with Crippen molar-refractivity contribution < 1.29 is 4.74 Å². The zero-order chi connectivity index (χ0) is 35.5. The fraction of sp³-hybridized carbons (Fsp3) is 0.0588. The van der Waals surface area contributed by atoms with E-state index in [0.29, 0.717) is 0 Å². The summed E-state index contributed by atoms with van der Waals surface area (Å²) in [6, 6.07) is 73.4. The number of hydrogen-bond donors (Lipinski definition) is 0. The van der Waals surface area contributed by atoms with E-state index in [2.05, 4.69) is 226 Å². The SMILES string of the molecule is CC(C)Oc1ccc(\C(=C(/C(=C(\C(=C/c2ccccc2)c2ccccc2)c2ccccc2)c2ccccc2)c2ccccc2)c2ccccc2)cc1. The molecule has 0 aliphatic heterocycles. The lowest BCUT2D eigenvalue weighted by atomic mass is 9.77. The van der Waals surface area contributed by atoms with Gasteiger partial charge in [0.2, 0.25) is 0 Å². The van der Waals surface area contributed by atoms with Crippen LogP contribution in [0.4, 0.5) is 0 Å². The lowest BCUT2D eigenvalue weighted by Gasteiger charge is -2.26. The van der Waals surface area contributed by atoms with Crippen LogP contribution in [0.1, 0.15) is 52.8 Å². The van der Waals surface area contributed by atoms with E-state index >= 15 is 0 Å². The molecule has 0 N–H and O–H groups in total. The van der Waals surface area contributed by atoms with Crippen LogP contribution in [0, 0.1) is 0 Å². The van der Waals surface area contributed by atoms with Crippen LogP contribution in [0.2, 0.25) is 0 Å². The lowest BCUT2D eigenvalue weighted by Crippen LogP contribution is -2.06. The number of ether oxygens (including phenoxy) is 1. The molecule has 52 heavy (non-hydrogen) atoms. The van der Waals surface area contributed by atoms with Crippen molar-refractivity contribution in [2.24, 2.45) is 0 Å². The minimum Gasteiger partial charge on any atom is -0.491 e. The molecule has 7 aromatic rings. The first-order valence-electron chi connectivity index (χ1n) is 18.0. The Hall–Kier alpha value is -6.44. The zero-order valence-corrected chi connectivity index (χ0v) is 29.7. The Morgan fingerprint density at radius 1 is 0.365 bits per heavy atom. The summed E-state index contributed by atoms with van der Waals surface area (Å²) in [7, 11) is 0. The molecule has 0 radical (unpaired) electrons. The van der Waals surface area contributed by atoms with E-state index in [-0.39, 0.29) is 6.10 Å². The van der Waals surface area contributed by atoms with Gasteiger partial charge < -0.3 is 4.74 Å². The minimum absolute atomic E-state index is 0.0868. The van der Waals surface area contributed by atoms with Gasteiger partial charge in [-0.15, -0.1) is 0 Å². The molecule has 0 spiro atoms. The molecule has 0 unspecified atom stereocenters. The number of allylic oxidation sites excluding steroid dienone is 4. The lowest BCUT2D eigenvalue weighted by molar-refractivity contribution is 0.242. The van der Waals surface area contributed by atoms with Crippen molar-refractivity contribution in [1.82, 2.24) is 0 Å². The molecule has 1 nitrogen and oxygen atoms in total. The Labute approximate surface area is 308 Å². The van der Waals surface area contributed by atoms with E-state index in [9.17, 15) is 0 Å². The minimum atomic E-state index is 0.0868. The Kier molecular flexibility index (Phi) is 10.8. The van der Waals surface area contributed by atoms with E-state index in [1.165, 1.54) is 0 Å². The molecule has 0 heterocycles. The molecule has 0 aromatic heterocycles. The average Bonchev–Trinajstić information content (AvgIpc) is 3.21. The van der Waals surface area contributed by atoms with Crippen LogP contribution in [-0.4, -0.2) is 6.10 Å². The maximum atomic E-state index is 6.12. The molecule has 0 atom stereocenters. The van der Waals surface area contributed by atoms with Crippen molar-refractivity contribution in [1.29, 1.82) is 0 Å². The third kappa shape index (κ3) is 7.96. The van der Waals surface area contributed by atoms with E-state index in [1.54, 1.807) is 0 Å². The summed E-state index contributed by atoms with van der Waals surface area (Å²) < 4.78 is 6.12. The van der Waals surface area contributed by atoms with Gasteiger partial charge in [-0.1, -0.05) is 194 Å². The second-order valence-corrected chi connectivity index (χ2v) is 13.0. The standard InChI is InChI=1S/C51H42O/c1-38(2)52-46-35-33-45(34-36-46)48(41-25-13-5-14-26-41)50(43-29-17-7-18-30-43)51(44-31-19-8-20-32-44)49(42-27-15-6-16-28-42)47(40-23-11-4-12-24-40)37-39-21-9-3-10-22-39/h3-38H,1-2H3/b47-37-,50-48-,51-49-. The largest absolute Gasteiger partial charge is 0.491 e. The van der Waals surface area contributed by atoms with Crippen molar-refractivity contribution in [2.75, 3.05) is 0 Å². The Balaban J connectivity index is 1.70. The van der Waals surface area contributed by atoms with Crippen LogP contribution >= 0.6 is 0 Å². The molecular weight excluding hydrogens is 629 g/mol. The van der Waals surface area contributed by atoms with Gasteiger partial charge >= 0.3 is 0 Å². The first-order chi connectivity index (χ1) is 25.7. The quantitative estimate of drug-likeness (QED) is 0.0983. The van der Waals surface area contributed by atoms with Crippen molar-refractivity contribution >= 4 is 33.9 Å². The highest BCUT2D eigenvalue weighted by molar-refractivity contribution is 6.31. The molecule has 0 aliphatic carbocycles. The van der Waals surface area contributed by atoms with Gasteiger partial charge in [0.25, 0.3) is 0 Å². The molecule has 0 bridgehead atoms. The highest BCUT2D eigenvalue weighted by Gasteiger charge is 2.25. The van der Waals surface area contributed by atoms with Gasteiger partial charge in [0.1, 0.15) is 5.75 Å². The molecule has 7 aromatic carbocycles. The molecule has 0 amide bonds. The normalized spacial score (nSPS) is 12.6. The van der Waals surface area contributed by atoms with Crippen molar-refractivity contribution in [3.63, 3.8) is 0 Å². The van der Waals surface area contributed by atoms with Crippen molar-refractivity contribution in [2.45, 2.75) is 20.0 Å². The van der Waals surface area contributed by atoms with Crippen molar-refractivity contribution in [3.8, 4) is 5.75 Å². The Bertz CT molecular complexity index is 2270. The summed E-state index contributed by atoms with van der Waals surface area (Å²) in [5, 5.41) is 0. The van der Waals surface area contributed by atoms with Gasteiger partial charge in [0.15, 0.2) is 0 Å². The summed E-state index contributed by atoms with van der Waals surface area (Å²) >= 11 is 0. The highest BCUT2D eigenvalue weighted by atomic mass is 16.5. The van der Waals surface area contributed by atoms with Gasteiger partial charge in [-0.3, -0.25) is 0 Å². The van der Waals surface area contributed by atoms with Gasteiger partial charge in [0.05, 0.1) is 6.10 Å². The van der Waals surface area contributed by atoms with Crippen LogP contribution in [0.3, 0.4) is 0 Å². The first-order valence-corrected chi connectivity index (χ1v) is 18.0. The second kappa shape index (κ2) is 16.5. The predicted octanol–water partition coefficient (Wildman–Crippen LogP) is 13.3. The summed E-state index contributed by atoms with van der Waals surface area (Å²) in [5.41, 5.74) is 13.6. The topological polar surface area (TPSA) is 9.23 Å². The molecule has 0 saturated carbocycles. The second-order valence-electron chi connectivity index (χ2n) is 13.0. The monoisotopic (exact) mass is 670 g/mol. The number of rotatable bonds is 11. The van der Waals surface area contributed by atoms with Gasteiger partial charge in [-0.25, -0.2) is 0 Å². The summed E-state index contributed by atoms with van der Waals surface area (Å²) in [5.74, 6) is 0.855. The van der Waals surface area contributed by atoms with Gasteiger partial charge in [-0.2, -0.15) is 0 Å². The van der Waals surface area contributed by atoms with Crippen LogP contribution < -0.4 is 4.74 Å². The maximum Gasteiger partial charge on any atom is 0.119 e. The van der Waals surface area contributed by atoms with Crippen molar-refractivity contribution in [3.05, 3.63) is 245 Å². The van der Waals surface area contributed by atoms with Gasteiger partial charge in [-0.05, 0) is 98.9 Å². The highest BCUT2D eigenvalue weighted by Crippen LogP contribution is 2.48. The van der Waals surface area contributed by atoms with Crippen LogP contribution in [-0.2, 0) is 0 Å². The Morgan fingerprint density at radius 2 is 0.731 bits per heavy atom. The summed E-state index contributed by atoms with van der Waals surface area (Å²) in [4.78, 5) is 0. The van der Waals surface area contributed by atoms with Crippen LogP contribution in [0.25, 0.3) is 33.9 Å². The van der Waals surface area contributed by atoms with Crippen LogP contribution in [0.15, 0.2) is 206 Å². The third-order valence-electron chi connectivity index (χ3n) is 8.98.